The second-order valence-corrected chi connectivity index (χ2v) is 7.35. The number of hydrogen-bond donors (Lipinski definition) is 0. The summed E-state index contributed by atoms with van der Waals surface area (Å²) < 4.78 is 21.4. The van der Waals surface area contributed by atoms with E-state index in [4.69, 9.17) is 18.9 Å². The highest BCUT2D eigenvalue weighted by molar-refractivity contribution is 5.85. The third-order valence-corrected chi connectivity index (χ3v) is 5.23. The molecule has 1 aliphatic rings. The summed E-state index contributed by atoms with van der Waals surface area (Å²) >= 11 is 0. The van der Waals surface area contributed by atoms with Gasteiger partial charge in [0.1, 0.15) is 6.17 Å². The van der Waals surface area contributed by atoms with E-state index in [0.717, 1.165) is 11.1 Å². The summed E-state index contributed by atoms with van der Waals surface area (Å²) in [5.74, 6) is 2.38. The molecule has 0 aliphatic carbocycles. The molecule has 2 aromatic carbocycles. The van der Waals surface area contributed by atoms with E-state index in [1.54, 1.807) is 40.7 Å². The van der Waals surface area contributed by atoms with Crippen LogP contribution in [0.15, 0.2) is 41.5 Å². The summed E-state index contributed by atoms with van der Waals surface area (Å²) in [6.07, 6.45) is 1.29. The van der Waals surface area contributed by atoms with Gasteiger partial charge in [0.05, 0.1) is 41.2 Å². The monoisotopic (exact) mass is 427 g/mol. The van der Waals surface area contributed by atoms with Crippen molar-refractivity contribution in [3.8, 4) is 23.0 Å². The molecule has 0 bridgehead atoms. The number of nitrogens with zero attached hydrogens (tertiary/aromatic N) is 3. The first kappa shape index (κ1) is 22.4. The van der Waals surface area contributed by atoms with Gasteiger partial charge in [-0.05, 0) is 55.3 Å². The van der Waals surface area contributed by atoms with E-state index in [0.29, 0.717) is 23.0 Å². The van der Waals surface area contributed by atoms with Gasteiger partial charge >= 0.3 is 0 Å². The van der Waals surface area contributed by atoms with E-state index in [2.05, 4.69) is 23.8 Å². The van der Waals surface area contributed by atoms with Gasteiger partial charge in [-0.15, -0.1) is 0 Å². The van der Waals surface area contributed by atoms with Gasteiger partial charge in [-0.3, -0.25) is 9.69 Å². The van der Waals surface area contributed by atoms with Crippen molar-refractivity contribution in [1.82, 2.24) is 9.91 Å². The first-order valence-electron chi connectivity index (χ1n) is 9.99. The van der Waals surface area contributed by atoms with Crippen molar-refractivity contribution < 1.29 is 23.7 Å². The molecule has 0 unspecified atom stereocenters. The first-order chi connectivity index (χ1) is 14.9. The second-order valence-electron chi connectivity index (χ2n) is 7.35. The van der Waals surface area contributed by atoms with Crippen molar-refractivity contribution in [2.75, 3.05) is 35.0 Å². The van der Waals surface area contributed by atoms with E-state index >= 15 is 0 Å². The largest absolute Gasteiger partial charge is 0.493 e. The lowest BCUT2D eigenvalue weighted by Gasteiger charge is -2.30. The first-order valence-corrected chi connectivity index (χ1v) is 9.99. The van der Waals surface area contributed by atoms with Crippen molar-refractivity contribution in [1.29, 1.82) is 0 Å². The van der Waals surface area contributed by atoms with Crippen molar-refractivity contribution in [3.63, 3.8) is 0 Å². The third kappa shape index (κ3) is 4.59. The van der Waals surface area contributed by atoms with Gasteiger partial charge in [-0.25, -0.2) is 5.01 Å². The Morgan fingerprint density at radius 3 is 2.06 bits per heavy atom. The number of carbonyl (C=O) groups is 1. The van der Waals surface area contributed by atoms with Crippen LogP contribution in [0.5, 0.6) is 23.0 Å². The summed E-state index contributed by atoms with van der Waals surface area (Å²) in [5.41, 5.74) is 1.68. The third-order valence-electron chi connectivity index (χ3n) is 5.23. The van der Waals surface area contributed by atoms with Crippen LogP contribution in [0.1, 0.15) is 31.1 Å². The summed E-state index contributed by atoms with van der Waals surface area (Å²) in [7, 11) is 6.35. The smallest absolute Gasteiger partial charge is 0.258 e. The fraction of sp³-hybridized carbons (Fsp3) is 0.391. The fourth-order valence-electron chi connectivity index (χ4n) is 3.59. The molecule has 8 nitrogen and oxygen atoms in total. The van der Waals surface area contributed by atoms with Gasteiger partial charge in [-0.2, -0.15) is 5.10 Å². The fourth-order valence-corrected chi connectivity index (χ4v) is 3.59. The molecule has 1 atom stereocenters. The normalized spacial score (nSPS) is 16.9. The van der Waals surface area contributed by atoms with Crippen molar-refractivity contribution in [2.24, 2.45) is 5.10 Å². The average Bonchev–Trinajstić information content (AvgIpc) is 3.13. The lowest BCUT2D eigenvalue weighted by atomic mass is 10.1. The molecule has 31 heavy (non-hydrogen) atoms. The minimum Gasteiger partial charge on any atom is -0.493 e. The zero-order valence-corrected chi connectivity index (χ0v) is 18.8. The lowest BCUT2D eigenvalue weighted by Crippen LogP contribution is -2.33. The van der Waals surface area contributed by atoms with Crippen LogP contribution in [-0.4, -0.2) is 63.1 Å². The molecule has 1 fully saturated rings. The van der Waals surface area contributed by atoms with Crippen LogP contribution >= 0.6 is 0 Å². The maximum atomic E-state index is 12.9. The van der Waals surface area contributed by atoms with Crippen LogP contribution in [-0.2, 0) is 4.79 Å². The van der Waals surface area contributed by atoms with Crippen molar-refractivity contribution in [3.05, 3.63) is 47.5 Å². The summed E-state index contributed by atoms with van der Waals surface area (Å²) in [6.45, 7) is 4.39. The summed E-state index contributed by atoms with van der Waals surface area (Å²) in [6, 6.07) is 11.3. The summed E-state index contributed by atoms with van der Waals surface area (Å²) in [4.78, 5) is 15.0. The topological polar surface area (TPSA) is 72.8 Å². The van der Waals surface area contributed by atoms with Crippen LogP contribution in [0.4, 0.5) is 0 Å². The van der Waals surface area contributed by atoms with Gasteiger partial charge in [0.25, 0.3) is 5.91 Å². The minimum absolute atomic E-state index is 0.0785. The van der Waals surface area contributed by atoms with Crippen molar-refractivity contribution >= 4 is 12.1 Å². The molecule has 0 saturated carbocycles. The Kier molecular flexibility index (Phi) is 7.02. The highest BCUT2D eigenvalue weighted by Crippen LogP contribution is 2.37. The van der Waals surface area contributed by atoms with E-state index < -0.39 is 0 Å². The van der Waals surface area contributed by atoms with E-state index in [1.807, 2.05) is 30.3 Å². The average molecular weight is 428 g/mol. The number of hydrazone groups is 1. The number of hydrogen-bond acceptors (Lipinski definition) is 7. The molecular formula is C23H29N3O5. The highest BCUT2D eigenvalue weighted by Gasteiger charge is 2.40. The van der Waals surface area contributed by atoms with Crippen LogP contribution in [0.3, 0.4) is 0 Å². The molecule has 3 rings (SSSR count). The lowest BCUT2D eigenvalue weighted by molar-refractivity contribution is -0.128. The number of rotatable bonds is 8. The Morgan fingerprint density at radius 2 is 1.48 bits per heavy atom. The Labute approximate surface area is 182 Å². The number of benzene rings is 2. The Hall–Kier alpha value is -3.26. The molecule has 2 aromatic rings. The van der Waals surface area contributed by atoms with E-state index in [1.165, 1.54) is 5.01 Å². The zero-order chi connectivity index (χ0) is 22.5. The predicted octanol–water partition coefficient (Wildman–Crippen LogP) is 3.31. The Bertz CT molecular complexity index is 960. The van der Waals surface area contributed by atoms with Crippen LogP contribution in [0, 0.1) is 0 Å². The maximum absolute atomic E-state index is 12.9. The SMILES string of the molecule is COc1ccc(/C=N\N2C(=O)CN(C(C)C)[C@@H]2c2ccc(OC)c(OC)c2)cc1OC. The van der Waals surface area contributed by atoms with Gasteiger partial charge in [0, 0.05) is 6.04 Å². The molecule has 1 saturated heterocycles. The van der Waals surface area contributed by atoms with Gasteiger partial charge in [-0.1, -0.05) is 6.07 Å². The van der Waals surface area contributed by atoms with Crippen LogP contribution in [0.2, 0.25) is 0 Å². The van der Waals surface area contributed by atoms with Crippen LogP contribution in [0.25, 0.3) is 0 Å². The number of amides is 1. The number of carbonyl (C=O) groups excluding carboxylic acids is 1. The molecule has 0 N–H and O–H groups in total. The van der Waals surface area contributed by atoms with E-state index in [9.17, 15) is 4.79 Å². The van der Waals surface area contributed by atoms with Crippen LogP contribution < -0.4 is 18.9 Å². The minimum atomic E-state index is -0.358. The molecule has 0 spiro atoms. The van der Waals surface area contributed by atoms with Crippen molar-refractivity contribution in [2.45, 2.75) is 26.1 Å². The molecule has 1 heterocycles. The van der Waals surface area contributed by atoms with Gasteiger partial charge < -0.3 is 18.9 Å². The molecule has 0 aromatic heterocycles. The zero-order valence-electron chi connectivity index (χ0n) is 18.8. The van der Waals surface area contributed by atoms with E-state index in [-0.39, 0.29) is 24.7 Å². The highest BCUT2D eigenvalue weighted by atomic mass is 16.5. The predicted molar refractivity (Wildman–Crippen MR) is 118 cm³/mol. The quantitative estimate of drug-likeness (QED) is 0.602. The second kappa shape index (κ2) is 9.70. The standard InChI is InChI=1S/C23H29N3O5/c1-15(2)25-14-22(27)26(23(25)17-8-10-19(29-4)21(12-17)31-6)24-13-16-7-9-18(28-3)20(11-16)30-5/h7-13,15,23H,14H2,1-6H3/b24-13-/t23-/m0/s1. The molecule has 0 radical (unpaired) electrons. The molecular weight excluding hydrogens is 398 g/mol. The van der Waals surface area contributed by atoms with Gasteiger partial charge in [0.2, 0.25) is 0 Å². The number of ether oxygens (including phenoxy) is 4. The molecule has 8 heteroatoms. The Morgan fingerprint density at radius 1 is 0.903 bits per heavy atom. The Balaban J connectivity index is 1.97. The molecule has 1 amide bonds. The molecule has 1 aliphatic heterocycles. The van der Waals surface area contributed by atoms with Gasteiger partial charge in [0.15, 0.2) is 23.0 Å². The maximum Gasteiger partial charge on any atom is 0.258 e. The summed E-state index contributed by atoms with van der Waals surface area (Å²) in [5, 5.41) is 6.05. The number of methoxy groups -OCH3 is 4. The molecule has 166 valence electrons.